The van der Waals surface area contributed by atoms with Crippen molar-refractivity contribution in [2.24, 2.45) is 0 Å². The van der Waals surface area contributed by atoms with Crippen molar-refractivity contribution in [3.05, 3.63) is 83.0 Å². The highest BCUT2D eigenvalue weighted by molar-refractivity contribution is 5.98. The van der Waals surface area contributed by atoms with Crippen LogP contribution in [0.15, 0.2) is 60.7 Å². The van der Waals surface area contributed by atoms with E-state index in [1.807, 2.05) is 53.4 Å². The maximum atomic E-state index is 14.4. The largest absolute Gasteiger partial charge is 0.493 e. The molecule has 2 amide bonds. The van der Waals surface area contributed by atoms with Crippen LogP contribution < -0.4 is 18.9 Å². The third-order valence-corrected chi connectivity index (χ3v) is 9.55. The van der Waals surface area contributed by atoms with Crippen molar-refractivity contribution < 1.29 is 28.5 Å². The number of rotatable bonds is 6. The summed E-state index contributed by atoms with van der Waals surface area (Å²) >= 11 is 0. The van der Waals surface area contributed by atoms with Crippen molar-refractivity contribution in [2.45, 2.75) is 37.5 Å². The van der Waals surface area contributed by atoms with Crippen LogP contribution in [0.1, 0.15) is 34.8 Å². The molecule has 3 atom stereocenters. The van der Waals surface area contributed by atoms with Gasteiger partial charge in [-0.05, 0) is 53.4 Å². The van der Waals surface area contributed by atoms with Crippen LogP contribution >= 0.6 is 0 Å². The lowest BCUT2D eigenvalue weighted by molar-refractivity contribution is -0.160. The second-order valence-electron chi connectivity index (χ2n) is 11.9. The van der Waals surface area contributed by atoms with Gasteiger partial charge in [-0.15, -0.1) is 0 Å². The second-order valence-corrected chi connectivity index (χ2v) is 11.9. The van der Waals surface area contributed by atoms with Gasteiger partial charge in [0.2, 0.25) is 18.6 Å². The summed E-state index contributed by atoms with van der Waals surface area (Å²) in [5.41, 5.74) is 5.03. The molecule has 0 unspecified atom stereocenters. The van der Waals surface area contributed by atoms with Gasteiger partial charge in [-0.3, -0.25) is 14.5 Å². The number of nitrogens with zero attached hydrogens (tertiary/aromatic N) is 3. The number of benzene rings is 3. The first-order chi connectivity index (χ1) is 21.5. The molecule has 1 aromatic heterocycles. The standard InChI is InChI=1S/C34H34N4O6/c1-41-27-10-8-21(14-29(27)42-2)33-32-24(23-5-3-4-6-25(23)35-32)15-26-34(40)37(18-31(39)38(26)33)22-11-12-36(17-22)16-20-7-9-28-30(13-20)44-19-43-28/h3-10,13-14,22,26,33,35H,11-12,15-19H2,1-2H3/t22-,26-,33-/m1/s1. The van der Waals surface area contributed by atoms with Crippen LogP contribution in [-0.4, -0.2) is 84.2 Å². The molecule has 4 aliphatic rings. The summed E-state index contributed by atoms with van der Waals surface area (Å²) in [5, 5.41) is 1.08. The Bertz CT molecular complexity index is 1780. The minimum Gasteiger partial charge on any atom is -0.493 e. The van der Waals surface area contributed by atoms with Gasteiger partial charge in [0.05, 0.1) is 20.3 Å². The third kappa shape index (κ3) is 4.27. The van der Waals surface area contributed by atoms with E-state index in [0.717, 1.165) is 70.8 Å². The average Bonchev–Trinajstić information content (AvgIpc) is 3.80. The molecule has 4 aromatic rings. The predicted octanol–water partition coefficient (Wildman–Crippen LogP) is 3.87. The van der Waals surface area contributed by atoms with Crippen molar-refractivity contribution in [2.75, 3.05) is 40.6 Å². The van der Waals surface area contributed by atoms with Crippen LogP contribution in [0.5, 0.6) is 23.0 Å². The zero-order valence-corrected chi connectivity index (χ0v) is 24.7. The highest BCUT2D eigenvalue weighted by atomic mass is 16.7. The minimum absolute atomic E-state index is 0.0148. The van der Waals surface area contributed by atoms with E-state index < -0.39 is 12.1 Å². The van der Waals surface area contributed by atoms with Gasteiger partial charge >= 0.3 is 0 Å². The Balaban J connectivity index is 1.10. The molecule has 1 N–H and O–H groups in total. The quantitative estimate of drug-likeness (QED) is 0.362. The van der Waals surface area contributed by atoms with E-state index >= 15 is 0 Å². The Hall–Kier alpha value is -4.70. The van der Waals surface area contributed by atoms with Crippen molar-refractivity contribution >= 4 is 22.7 Å². The van der Waals surface area contributed by atoms with Crippen molar-refractivity contribution in [1.82, 2.24) is 19.7 Å². The molecule has 0 spiro atoms. The molecule has 10 nitrogen and oxygen atoms in total. The van der Waals surface area contributed by atoms with E-state index in [0.29, 0.717) is 17.9 Å². The molecule has 0 saturated carbocycles. The number of methoxy groups -OCH3 is 2. The molecule has 0 radical (unpaired) electrons. The summed E-state index contributed by atoms with van der Waals surface area (Å²) in [4.78, 5) is 38.1. The Kier molecular flexibility index (Phi) is 6.41. The molecular weight excluding hydrogens is 560 g/mol. The van der Waals surface area contributed by atoms with Crippen LogP contribution in [0.2, 0.25) is 0 Å². The average molecular weight is 595 g/mol. The number of nitrogens with one attached hydrogen (secondary N) is 1. The summed E-state index contributed by atoms with van der Waals surface area (Å²) in [6.07, 6.45) is 1.30. The van der Waals surface area contributed by atoms with Crippen LogP contribution in [0.25, 0.3) is 10.9 Å². The number of likely N-dealkylation sites (tertiary alicyclic amines) is 1. The van der Waals surface area contributed by atoms with Gasteiger partial charge in [0, 0.05) is 48.7 Å². The van der Waals surface area contributed by atoms with Crippen molar-refractivity contribution in [3.63, 3.8) is 0 Å². The minimum atomic E-state index is -0.594. The fourth-order valence-corrected chi connectivity index (χ4v) is 7.47. The molecule has 0 bridgehead atoms. The van der Waals surface area contributed by atoms with Gasteiger partial charge < -0.3 is 33.7 Å². The fraction of sp³-hybridized carbons (Fsp3) is 0.353. The highest BCUT2D eigenvalue weighted by Gasteiger charge is 2.50. The monoisotopic (exact) mass is 594 g/mol. The number of hydrogen-bond donors (Lipinski definition) is 1. The maximum absolute atomic E-state index is 14.4. The number of hydrogen-bond acceptors (Lipinski definition) is 7. The lowest BCUT2D eigenvalue weighted by atomic mass is 9.85. The Morgan fingerprint density at radius 1 is 0.955 bits per heavy atom. The number of carbonyl (C=O) groups is 2. The molecule has 8 rings (SSSR count). The summed E-state index contributed by atoms with van der Waals surface area (Å²) in [6, 6.07) is 18.8. The first-order valence-corrected chi connectivity index (χ1v) is 15.1. The molecular formula is C34H34N4O6. The normalized spacial score (nSPS) is 22.8. The maximum Gasteiger partial charge on any atom is 0.246 e. The molecule has 0 aliphatic carbocycles. The van der Waals surface area contributed by atoms with E-state index in [9.17, 15) is 9.59 Å². The Labute approximate surface area is 255 Å². The number of para-hydroxylation sites is 1. The smallest absolute Gasteiger partial charge is 0.246 e. The first-order valence-electron chi connectivity index (χ1n) is 15.1. The SMILES string of the molecule is COc1ccc([C@@H]2c3[nH]c4ccccc4c3C[C@@H]3C(=O)N([C@@H]4CCN(Cc5ccc6c(c5)OCO6)C4)CC(=O)N23)cc1OC. The number of H-pyrrole nitrogens is 1. The van der Waals surface area contributed by atoms with Crippen LogP contribution in [0.4, 0.5) is 0 Å². The summed E-state index contributed by atoms with van der Waals surface area (Å²) in [6.45, 7) is 2.64. The summed E-state index contributed by atoms with van der Waals surface area (Å²) in [5.74, 6) is 2.70. The number of fused-ring (bicyclic) bond motifs is 5. The molecule has 44 heavy (non-hydrogen) atoms. The number of aromatic nitrogens is 1. The van der Waals surface area contributed by atoms with Crippen LogP contribution in [0.3, 0.4) is 0 Å². The van der Waals surface area contributed by atoms with Gasteiger partial charge in [-0.2, -0.15) is 0 Å². The molecule has 10 heteroatoms. The number of amides is 2. The van der Waals surface area contributed by atoms with Gasteiger partial charge in [-0.25, -0.2) is 0 Å². The first kappa shape index (κ1) is 26.9. The lowest BCUT2D eigenvalue weighted by Gasteiger charge is -2.48. The number of piperazine rings is 1. The third-order valence-electron chi connectivity index (χ3n) is 9.55. The number of carbonyl (C=O) groups excluding carboxylic acids is 2. The zero-order valence-electron chi connectivity index (χ0n) is 24.7. The molecule has 226 valence electrons. The van der Waals surface area contributed by atoms with Gasteiger partial charge in [0.25, 0.3) is 0 Å². The Morgan fingerprint density at radius 3 is 2.66 bits per heavy atom. The van der Waals surface area contributed by atoms with Crippen LogP contribution in [-0.2, 0) is 22.6 Å². The molecule has 2 fully saturated rings. The molecule has 2 saturated heterocycles. The van der Waals surface area contributed by atoms with E-state index in [-0.39, 0.29) is 31.2 Å². The second kappa shape index (κ2) is 10.5. The number of aromatic amines is 1. The van der Waals surface area contributed by atoms with Crippen molar-refractivity contribution in [3.8, 4) is 23.0 Å². The highest BCUT2D eigenvalue weighted by Crippen LogP contribution is 2.44. The van der Waals surface area contributed by atoms with Gasteiger partial charge in [-0.1, -0.05) is 30.3 Å². The van der Waals surface area contributed by atoms with Crippen molar-refractivity contribution in [1.29, 1.82) is 0 Å². The predicted molar refractivity (Wildman–Crippen MR) is 162 cm³/mol. The van der Waals surface area contributed by atoms with E-state index in [1.165, 1.54) is 0 Å². The van der Waals surface area contributed by atoms with E-state index in [4.69, 9.17) is 18.9 Å². The molecule has 5 heterocycles. The van der Waals surface area contributed by atoms with E-state index in [1.54, 1.807) is 19.1 Å². The van der Waals surface area contributed by atoms with Gasteiger partial charge in [0.1, 0.15) is 12.6 Å². The van der Waals surface area contributed by atoms with Crippen LogP contribution in [0, 0.1) is 0 Å². The Morgan fingerprint density at radius 2 is 1.80 bits per heavy atom. The summed E-state index contributed by atoms with van der Waals surface area (Å²) < 4.78 is 22.1. The summed E-state index contributed by atoms with van der Waals surface area (Å²) in [7, 11) is 3.20. The lowest BCUT2D eigenvalue weighted by Crippen LogP contribution is -2.65. The molecule has 4 aliphatic heterocycles. The zero-order chi connectivity index (χ0) is 29.9. The number of ether oxygens (including phenoxy) is 4. The molecule has 3 aromatic carbocycles. The van der Waals surface area contributed by atoms with E-state index in [2.05, 4.69) is 22.0 Å². The topological polar surface area (TPSA) is 96.6 Å². The van der Waals surface area contributed by atoms with Gasteiger partial charge in [0.15, 0.2) is 23.0 Å². The fourth-order valence-electron chi connectivity index (χ4n) is 7.47.